The molecule has 0 spiro atoms. The highest BCUT2D eigenvalue weighted by Crippen LogP contribution is 2.38. The molecule has 0 radical (unpaired) electrons. The van der Waals surface area contributed by atoms with Crippen LogP contribution < -0.4 is 0 Å². The SMILES string of the molecule is O=C(C1=CCC(c2cc(Cl)c(C[C@@H]3CCN(N4CCC(O)CC4)C3=O)c(Cl)c2)C=C1)N1CCC(C(F)(F)F)CC1. The van der Waals surface area contributed by atoms with Gasteiger partial charge in [0.2, 0.25) is 5.91 Å². The number of aliphatic hydroxyl groups excluding tert-OH is 1. The number of hydrogen-bond donors (Lipinski definition) is 1. The summed E-state index contributed by atoms with van der Waals surface area (Å²) in [5.41, 5.74) is 2.13. The van der Waals surface area contributed by atoms with E-state index in [9.17, 15) is 27.9 Å². The van der Waals surface area contributed by atoms with E-state index < -0.39 is 12.1 Å². The van der Waals surface area contributed by atoms with Gasteiger partial charge in [0, 0.05) is 60.2 Å². The van der Waals surface area contributed by atoms with Crippen molar-refractivity contribution in [2.24, 2.45) is 11.8 Å². The van der Waals surface area contributed by atoms with Crippen molar-refractivity contribution in [1.82, 2.24) is 14.9 Å². The van der Waals surface area contributed by atoms with Crippen LogP contribution in [0.15, 0.2) is 35.9 Å². The van der Waals surface area contributed by atoms with Gasteiger partial charge in [-0.15, -0.1) is 0 Å². The molecule has 1 N–H and O–H groups in total. The fraction of sp³-hybridized carbons (Fsp3) is 0.586. The van der Waals surface area contributed by atoms with Crippen molar-refractivity contribution in [3.05, 3.63) is 57.1 Å². The van der Waals surface area contributed by atoms with E-state index in [-0.39, 0.29) is 55.7 Å². The Labute approximate surface area is 242 Å². The van der Waals surface area contributed by atoms with Gasteiger partial charge in [-0.25, -0.2) is 5.01 Å². The third kappa shape index (κ3) is 6.37. The lowest BCUT2D eigenvalue weighted by Gasteiger charge is -2.36. The first-order chi connectivity index (χ1) is 19.0. The number of aliphatic hydroxyl groups is 1. The highest BCUT2D eigenvalue weighted by atomic mass is 35.5. The average Bonchev–Trinajstić information content (AvgIpc) is 3.30. The van der Waals surface area contributed by atoms with Gasteiger partial charge in [0.1, 0.15) is 0 Å². The van der Waals surface area contributed by atoms with Gasteiger partial charge in [-0.2, -0.15) is 13.2 Å². The fourth-order valence-corrected chi connectivity index (χ4v) is 6.84. The fourth-order valence-electron chi connectivity index (χ4n) is 6.18. The predicted molar refractivity (Wildman–Crippen MR) is 147 cm³/mol. The van der Waals surface area contributed by atoms with Crippen LogP contribution in [0.4, 0.5) is 13.2 Å². The Hall–Kier alpha value is -2.07. The third-order valence-electron chi connectivity index (χ3n) is 8.71. The van der Waals surface area contributed by atoms with Gasteiger partial charge in [-0.3, -0.25) is 14.6 Å². The minimum atomic E-state index is -4.21. The van der Waals surface area contributed by atoms with Crippen LogP contribution in [0.3, 0.4) is 0 Å². The molecule has 1 unspecified atom stereocenters. The van der Waals surface area contributed by atoms with Crippen LogP contribution in [0.5, 0.6) is 0 Å². The Bertz CT molecular complexity index is 1170. The summed E-state index contributed by atoms with van der Waals surface area (Å²) in [5, 5.41) is 14.6. The lowest BCUT2D eigenvalue weighted by atomic mass is 9.88. The lowest BCUT2D eigenvalue weighted by Crippen LogP contribution is -2.49. The Morgan fingerprint density at radius 2 is 1.62 bits per heavy atom. The lowest BCUT2D eigenvalue weighted by molar-refractivity contribution is -0.186. The first-order valence-electron chi connectivity index (χ1n) is 14.0. The summed E-state index contributed by atoms with van der Waals surface area (Å²) in [6, 6.07) is 3.73. The summed E-state index contributed by atoms with van der Waals surface area (Å²) in [5.74, 6) is -1.77. The highest BCUT2D eigenvalue weighted by Gasteiger charge is 2.42. The van der Waals surface area contributed by atoms with Crippen molar-refractivity contribution in [2.45, 2.75) is 63.1 Å². The van der Waals surface area contributed by atoms with Crippen molar-refractivity contribution in [3.8, 4) is 0 Å². The summed E-state index contributed by atoms with van der Waals surface area (Å²) in [4.78, 5) is 27.5. The van der Waals surface area contributed by atoms with Crippen LogP contribution in [0.2, 0.25) is 10.0 Å². The Morgan fingerprint density at radius 3 is 2.20 bits per heavy atom. The molecule has 4 aliphatic rings. The molecular formula is C29H34Cl2F3N3O3. The van der Waals surface area contributed by atoms with Crippen LogP contribution >= 0.6 is 23.2 Å². The number of halogens is 5. The maximum atomic E-state index is 13.1. The summed E-state index contributed by atoms with van der Waals surface area (Å²) in [6.45, 7) is 2.19. The molecule has 6 nitrogen and oxygen atoms in total. The van der Waals surface area contributed by atoms with Crippen LogP contribution in [0, 0.1) is 11.8 Å². The predicted octanol–water partition coefficient (Wildman–Crippen LogP) is 5.53. The first kappa shape index (κ1) is 29.4. The molecule has 218 valence electrons. The monoisotopic (exact) mass is 599 g/mol. The quantitative estimate of drug-likeness (QED) is 0.483. The number of hydrazine groups is 1. The molecule has 0 saturated carbocycles. The normalized spacial score (nSPS) is 25.6. The number of piperidine rings is 2. The zero-order valence-corrected chi connectivity index (χ0v) is 23.7. The van der Waals surface area contributed by atoms with E-state index in [0.29, 0.717) is 67.4 Å². The average molecular weight is 601 g/mol. The van der Waals surface area contributed by atoms with Gasteiger partial charge in [0.15, 0.2) is 0 Å². The number of allylic oxidation sites excluding steroid dienone is 2. The minimum Gasteiger partial charge on any atom is -0.393 e. The molecule has 11 heteroatoms. The number of carbonyl (C=O) groups excluding carboxylic acids is 2. The second kappa shape index (κ2) is 12.0. The van der Waals surface area contributed by atoms with Gasteiger partial charge in [-0.1, -0.05) is 41.4 Å². The molecule has 3 aliphatic heterocycles. The number of benzene rings is 1. The smallest absolute Gasteiger partial charge is 0.391 e. The van der Waals surface area contributed by atoms with Gasteiger partial charge in [0.05, 0.1) is 12.0 Å². The zero-order chi connectivity index (χ0) is 28.6. The van der Waals surface area contributed by atoms with Crippen molar-refractivity contribution in [3.63, 3.8) is 0 Å². The van der Waals surface area contributed by atoms with Crippen molar-refractivity contribution in [1.29, 1.82) is 0 Å². The number of carbonyl (C=O) groups is 2. The Morgan fingerprint density at radius 1 is 0.975 bits per heavy atom. The molecule has 0 aromatic heterocycles. The summed E-state index contributed by atoms with van der Waals surface area (Å²) >= 11 is 13.4. The maximum absolute atomic E-state index is 13.1. The largest absolute Gasteiger partial charge is 0.393 e. The van der Waals surface area contributed by atoms with E-state index in [2.05, 4.69) is 0 Å². The van der Waals surface area contributed by atoms with E-state index in [1.54, 1.807) is 6.08 Å². The molecule has 1 aromatic carbocycles. The van der Waals surface area contributed by atoms with E-state index >= 15 is 0 Å². The summed E-state index contributed by atoms with van der Waals surface area (Å²) in [7, 11) is 0. The number of rotatable bonds is 5. The second-order valence-corrected chi connectivity index (χ2v) is 12.1. The molecular weight excluding hydrogens is 566 g/mol. The van der Waals surface area contributed by atoms with E-state index in [1.165, 1.54) is 4.90 Å². The number of likely N-dealkylation sites (tertiary alicyclic amines) is 1. The highest BCUT2D eigenvalue weighted by molar-refractivity contribution is 6.36. The molecule has 1 aromatic rings. The second-order valence-electron chi connectivity index (χ2n) is 11.3. The van der Waals surface area contributed by atoms with Crippen LogP contribution in [-0.2, 0) is 16.0 Å². The molecule has 3 fully saturated rings. The van der Waals surface area contributed by atoms with E-state index in [0.717, 1.165) is 11.1 Å². The summed E-state index contributed by atoms with van der Waals surface area (Å²) in [6.07, 6.45) is 3.86. The van der Waals surface area contributed by atoms with Gasteiger partial charge < -0.3 is 10.0 Å². The van der Waals surface area contributed by atoms with Crippen molar-refractivity contribution in [2.75, 3.05) is 32.7 Å². The summed E-state index contributed by atoms with van der Waals surface area (Å²) < 4.78 is 38.9. The maximum Gasteiger partial charge on any atom is 0.391 e. The number of amides is 2. The molecule has 2 atom stereocenters. The number of hydrogen-bond acceptors (Lipinski definition) is 4. The van der Waals surface area contributed by atoms with Crippen LogP contribution in [0.25, 0.3) is 0 Å². The number of alkyl halides is 3. The topological polar surface area (TPSA) is 64.1 Å². The van der Waals surface area contributed by atoms with E-state index in [4.69, 9.17) is 23.2 Å². The molecule has 3 saturated heterocycles. The zero-order valence-electron chi connectivity index (χ0n) is 22.2. The van der Waals surface area contributed by atoms with E-state index in [1.807, 2.05) is 34.3 Å². The molecule has 1 aliphatic carbocycles. The molecule has 3 heterocycles. The van der Waals surface area contributed by atoms with Gasteiger partial charge in [-0.05, 0) is 68.2 Å². The van der Waals surface area contributed by atoms with Gasteiger partial charge >= 0.3 is 6.18 Å². The third-order valence-corrected chi connectivity index (χ3v) is 9.38. The van der Waals surface area contributed by atoms with Crippen LogP contribution in [0.1, 0.15) is 55.6 Å². The Kier molecular flexibility index (Phi) is 8.86. The molecule has 2 amide bonds. The minimum absolute atomic E-state index is 0.0466. The van der Waals surface area contributed by atoms with Gasteiger partial charge in [0.25, 0.3) is 5.91 Å². The standard InChI is InChI=1S/C29H34Cl2F3N3O3/c30-25-16-21(18-1-3-19(4-2-18)27(39)35-10-6-22(7-11-35)29(32,33)34)17-26(31)24(25)15-20-5-14-37(28(20)40)36-12-8-23(38)9-13-36/h1,3-4,16-18,20,22-23,38H,2,5-15H2/t18?,20-/m0/s1. The van der Waals surface area contributed by atoms with Crippen molar-refractivity contribution >= 4 is 35.0 Å². The van der Waals surface area contributed by atoms with Crippen LogP contribution in [-0.4, -0.2) is 76.8 Å². The molecule has 0 bridgehead atoms. The number of nitrogens with zero attached hydrogens (tertiary/aromatic N) is 3. The molecule has 40 heavy (non-hydrogen) atoms. The molecule has 5 rings (SSSR count). The Balaban J connectivity index is 1.18. The first-order valence-corrected chi connectivity index (χ1v) is 14.7. The van der Waals surface area contributed by atoms with Crippen molar-refractivity contribution < 1.29 is 27.9 Å².